The van der Waals surface area contributed by atoms with Crippen molar-refractivity contribution in [2.75, 3.05) is 13.2 Å². The number of rotatable bonds is 42. The SMILES string of the molecule is CC\C=C/C=C\C=C/C=C\CCCCCCCC(=O)OC(COC(=O)CCCCCCCC/C=C\C/C=C\C/C=C\CC)COC(=O)CCCCCCCCCCCC. The summed E-state index contributed by atoms with van der Waals surface area (Å²) in [5, 5.41) is 0. The van der Waals surface area contributed by atoms with E-state index < -0.39 is 6.10 Å². The van der Waals surface area contributed by atoms with Gasteiger partial charge in [0.1, 0.15) is 13.2 Å². The lowest BCUT2D eigenvalue weighted by Gasteiger charge is -2.18. The predicted molar refractivity (Wildman–Crippen MR) is 251 cm³/mol. The quantitative estimate of drug-likeness (QED) is 0.0201. The van der Waals surface area contributed by atoms with Crippen molar-refractivity contribution in [3.63, 3.8) is 0 Å². The van der Waals surface area contributed by atoms with Gasteiger partial charge in [-0.25, -0.2) is 0 Å². The standard InChI is InChI=1S/C53H88O6/c1-4-7-10-13-16-19-22-24-26-28-29-31-34-37-40-43-46-52(55)58-49-50(48-57-51(54)45-42-39-36-33-21-18-15-12-9-6-3)59-53(56)47-44-41-38-35-32-30-27-25-23-20-17-14-11-8-5-2/h7-8,10-11,14,16-17,19-20,23-27,50H,4-6,9,12-13,15,18,21-22,28-49H2,1-3H3/b10-7-,11-8-,17-14-,19-16-,23-20-,26-24-,27-25-. The molecule has 0 aliphatic heterocycles. The molecule has 6 nitrogen and oxygen atoms in total. The number of carbonyl (C=O) groups is 3. The van der Waals surface area contributed by atoms with Gasteiger partial charge in [0.2, 0.25) is 0 Å². The van der Waals surface area contributed by atoms with Gasteiger partial charge < -0.3 is 14.2 Å². The number of esters is 3. The maximum atomic E-state index is 12.7. The van der Waals surface area contributed by atoms with Crippen LogP contribution in [0.3, 0.4) is 0 Å². The molecule has 0 aromatic heterocycles. The molecule has 0 aromatic carbocycles. The second-order valence-electron chi connectivity index (χ2n) is 15.7. The van der Waals surface area contributed by atoms with Crippen molar-refractivity contribution < 1.29 is 28.6 Å². The molecular weight excluding hydrogens is 733 g/mol. The summed E-state index contributed by atoms with van der Waals surface area (Å²) >= 11 is 0. The fraction of sp³-hybridized carbons (Fsp3) is 0.679. The van der Waals surface area contributed by atoms with Crippen LogP contribution in [0.25, 0.3) is 0 Å². The summed E-state index contributed by atoms with van der Waals surface area (Å²) < 4.78 is 16.7. The minimum atomic E-state index is -0.791. The van der Waals surface area contributed by atoms with Crippen LogP contribution in [0.15, 0.2) is 85.1 Å². The lowest BCUT2D eigenvalue weighted by atomic mass is 10.1. The van der Waals surface area contributed by atoms with E-state index in [0.29, 0.717) is 19.3 Å². The van der Waals surface area contributed by atoms with Crippen molar-refractivity contribution in [3.05, 3.63) is 85.1 Å². The van der Waals surface area contributed by atoms with Gasteiger partial charge in [-0.15, -0.1) is 0 Å². The normalized spacial score (nSPS) is 12.8. The first-order chi connectivity index (χ1) is 29.0. The highest BCUT2D eigenvalue weighted by atomic mass is 16.6. The van der Waals surface area contributed by atoms with E-state index in [2.05, 4.69) is 81.5 Å². The summed E-state index contributed by atoms with van der Waals surface area (Å²) in [4.78, 5) is 37.8. The fourth-order valence-electron chi connectivity index (χ4n) is 6.41. The van der Waals surface area contributed by atoms with E-state index in [1.165, 1.54) is 64.2 Å². The summed E-state index contributed by atoms with van der Waals surface area (Å²) in [7, 11) is 0. The molecule has 1 atom stereocenters. The smallest absolute Gasteiger partial charge is 0.306 e. The van der Waals surface area contributed by atoms with E-state index in [9.17, 15) is 14.4 Å². The zero-order valence-corrected chi connectivity index (χ0v) is 38.2. The third-order valence-electron chi connectivity index (χ3n) is 9.99. The lowest BCUT2D eigenvalue weighted by Crippen LogP contribution is -2.30. The summed E-state index contributed by atoms with van der Waals surface area (Å²) in [6.45, 7) is 6.33. The Kier molecular flexibility index (Phi) is 44.5. The molecule has 0 aliphatic carbocycles. The molecule has 0 spiro atoms. The Labute approximate surface area is 363 Å². The van der Waals surface area contributed by atoms with E-state index >= 15 is 0 Å². The van der Waals surface area contributed by atoms with E-state index in [1.54, 1.807) is 0 Å². The van der Waals surface area contributed by atoms with Crippen molar-refractivity contribution in [1.82, 2.24) is 0 Å². The van der Waals surface area contributed by atoms with Gasteiger partial charge in [0, 0.05) is 19.3 Å². The monoisotopic (exact) mass is 821 g/mol. The van der Waals surface area contributed by atoms with Crippen LogP contribution in [-0.2, 0) is 28.6 Å². The third kappa shape index (κ3) is 45.5. The van der Waals surface area contributed by atoms with E-state index in [-0.39, 0.29) is 31.1 Å². The van der Waals surface area contributed by atoms with E-state index in [1.807, 2.05) is 24.3 Å². The lowest BCUT2D eigenvalue weighted by molar-refractivity contribution is -0.167. The molecule has 0 heterocycles. The molecular formula is C53H88O6. The van der Waals surface area contributed by atoms with Crippen molar-refractivity contribution in [1.29, 1.82) is 0 Å². The topological polar surface area (TPSA) is 78.9 Å². The van der Waals surface area contributed by atoms with Crippen LogP contribution >= 0.6 is 0 Å². The van der Waals surface area contributed by atoms with Gasteiger partial charge >= 0.3 is 17.9 Å². The predicted octanol–water partition coefficient (Wildman–Crippen LogP) is 15.6. The number of allylic oxidation sites excluding steroid dienone is 14. The highest BCUT2D eigenvalue weighted by Crippen LogP contribution is 2.14. The maximum absolute atomic E-state index is 12.7. The Balaban J connectivity index is 4.43. The molecule has 59 heavy (non-hydrogen) atoms. The molecule has 0 radical (unpaired) electrons. The van der Waals surface area contributed by atoms with Crippen LogP contribution in [0.5, 0.6) is 0 Å². The van der Waals surface area contributed by atoms with Crippen LogP contribution in [0, 0.1) is 0 Å². The minimum absolute atomic E-state index is 0.0902. The number of carbonyl (C=O) groups excluding carboxylic acids is 3. The second kappa shape index (κ2) is 47.3. The van der Waals surface area contributed by atoms with Gasteiger partial charge in [-0.05, 0) is 70.6 Å². The third-order valence-corrected chi connectivity index (χ3v) is 9.99. The molecule has 0 aromatic rings. The Morgan fingerprint density at radius 3 is 1.24 bits per heavy atom. The van der Waals surface area contributed by atoms with Crippen LogP contribution in [0.2, 0.25) is 0 Å². The molecule has 0 bridgehead atoms. The first kappa shape index (κ1) is 55.6. The van der Waals surface area contributed by atoms with Gasteiger partial charge in [0.25, 0.3) is 0 Å². The maximum Gasteiger partial charge on any atom is 0.306 e. The number of unbranched alkanes of at least 4 members (excludes halogenated alkanes) is 20. The second-order valence-corrected chi connectivity index (χ2v) is 15.7. The van der Waals surface area contributed by atoms with E-state index in [4.69, 9.17) is 14.2 Å². The highest BCUT2D eigenvalue weighted by molar-refractivity contribution is 5.71. The molecule has 1 unspecified atom stereocenters. The van der Waals surface area contributed by atoms with Crippen LogP contribution in [0.4, 0.5) is 0 Å². The van der Waals surface area contributed by atoms with Crippen molar-refractivity contribution >= 4 is 17.9 Å². The Hall–Kier alpha value is -3.41. The van der Waals surface area contributed by atoms with Crippen LogP contribution in [-0.4, -0.2) is 37.2 Å². The van der Waals surface area contributed by atoms with Gasteiger partial charge in [-0.1, -0.05) is 209 Å². The van der Waals surface area contributed by atoms with Gasteiger partial charge in [0.05, 0.1) is 0 Å². The Bertz CT molecular complexity index is 1170. The molecule has 0 fully saturated rings. The van der Waals surface area contributed by atoms with Crippen molar-refractivity contribution in [2.24, 2.45) is 0 Å². The number of ether oxygens (including phenoxy) is 3. The van der Waals surface area contributed by atoms with Gasteiger partial charge in [-0.3, -0.25) is 14.4 Å². The van der Waals surface area contributed by atoms with Crippen molar-refractivity contribution in [3.8, 4) is 0 Å². The van der Waals surface area contributed by atoms with Gasteiger partial charge in [-0.2, -0.15) is 0 Å². The average molecular weight is 821 g/mol. The molecule has 0 saturated heterocycles. The Morgan fingerprint density at radius 2 is 0.746 bits per heavy atom. The zero-order valence-electron chi connectivity index (χ0n) is 38.2. The molecule has 0 rings (SSSR count). The summed E-state index contributed by atoms with van der Waals surface area (Å²) in [5.41, 5.74) is 0. The van der Waals surface area contributed by atoms with Gasteiger partial charge in [0.15, 0.2) is 6.10 Å². The zero-order chi connectivity index (χ0) is 43.0. The molecule has 336 valence electrons. The molecule has 0 amide bonds. The average Bonchev–Trinajstić information content (AvgIpc) is 3.23. The summed E-state index contributed by atoms with van der Waals surface area (Å²) in [6.07, 6.45) is 59.9. The molecule has 0 N–H and O–H groups in total. The minimum Gasteiger partial charge on any atom is -0.462 e. The first-order valence-electron chi connectivity index (χ1n) is 24.1. The van der Waals surface area contributed by atoms with Crippen LogP contribution < -0.4 is 0 Å². The molecule has 6 heteroatoms. The number of hydrogen-bond donors (Lipinski definition) is 0. The molecule has 0 aliphatic rings. The Morgan fingerprint density at radius 1 is 0.373 bits per heavy atom. The van der Waals surface area contributed by atoms with E-state index in [0.717, 1.165) is 109 Å². The largest absolute Gasteiger partial charge is 0.462 e. The molecule has 0 saturated carbocycles. The highest BCUT2D eigenvalue weighted by Gasteiger charge is 2.19. The summed E-state index contributed by atoms with van der Waals surface area (Å²) in [6, 6.07) is 0. The summed E-state index contributed by atoms with van der Waals surface area (Å²) in [5.74, 6) is -0.932. The number of hydrogen-bond acceptors (Lipinski definition) is 6. The van der Waals surface area contributed by atoms with Crippen molar-refractivity contribution in [2.45, 2.75) is 219 Å². The van der Waals surface area contributed by atoms with Crippen LogP contribution in [0.1, 0.15) is 213 Å². The first-order valence-corrected chi connectivity index (χ1v) is 24.1. The fourth-order valence-corrected chi connectivity index (χ4v) is 6.41.